The van der Waals surface area contributed by atoms with Gasteiger partial charge in [0.1, 0.15) is 18.5 Å². The van der Waals surface area contributed by atoms with Crippen molar-refractivity contribution < 1.29 is 45.1 Å². The monoisotopic (exact) mass is 374 g/mol. The molecule has 0 aromatic heterocycles. The minimum Gasteiger partial charge on any atom is -0.508 e. The van der Waals surface area contributed by atoms with E-state index < -0.39 is 22.9 Å². The highest BCUT2D eigenvalue weighted by Gasteiger charge is 2.15. The summed E-state index contributed by atoms with van der Waals surface area (Å²) in [6.45, 7) is -0.208. The summed E-state index contributed by atoms with van der Waals surface area (Å²) in [6.07, 6.45) is 3.17. The summed E-state index contributed by atoms with van der Waals surface area (Å²) in [5.74, 6) is -0.393. The summed E-state index contributed by atoms with van der Waals surface area (Å²) in [5.41, 5.74) is 0.735. The predicted molar refractivity (Wildman–Crippen MR) is 83.6 cm³/mol. The van der Waals surface area contributed by atoms with Gasteiger partial charge in [-0.25, -0.2) is 14.5 Å². The third-order valence-corrected chi connectivity index (χ3v) is 3.09. The summed E-state index contributed by atoms with van der Waals surface area (Å²) in [6, 6.07) is 6.29. The second-order valence-electron chi connectivity index (χ2n) is 5.12. The van der Waals surface area contributed by atoms with Gasteiger partial charge >= 0.3 is 5.97 Å². The Hall–Kier alpha value is -2.09. The Morgan fingerprint density at radius 2 is 1.77 bits per heavy atom. The highest BCUT2D eigenvalue weighted by Crippen LogP contribution is 2.11. The van der Waals surface area contributed by atoms with Crippen molar-refractivity contribution in [2.75, 3.05) is 13.2 Å². The molecule has 1 rings (SSSR count). The van der Waals surface area contributed by atoms with Crippen molar-refractivity contribution in [1.29, 1.82) is 0 Å². The van der Waals surface area contributed by atoms with Gasteiger partial charge in [0.25, 0.3) is 0 Å². The first kappa shape index (κ1) is 22.0. The fourth-order valence-corrected chi connectivity index (χ4v) is 1.89. The van der Waals surface area contributed by atoms with Gasteiger partial charge < -0.3 is 9.84 Å². The zero-order chi connectivity index (χ0) is 19.4. The average Bonchev–Trinajstić information content (AvgIpc) is 2.58. The van der Waals surface area contributed by atoms with Gasteiger partial charge in [-0.15, -0.1) is 0 Å². The third kappa shape index (κ3) is 10.7. The molecule has 0 aliphatic rings. The summed E-state index contributed by atoms with van der Waals surface area (Å²) in [4.78, 5) is 20.5. The number of phenols is 1. The third-order valence-electron chi connectivity index (χ3n) is 3.09. The van der Waals surface area contributed by atoms with Gasteiger partial charge in [-0.2, -0.15) is 0 Å². The number of hydrogen-bond donors (Lipinski definition) is 5. The number of benzene rings is 1. The van der Waals surface area contributed by atoms with Gasteiger partial charge in [-0.3, -0.25) is 20.8 Å². The average molecular weight is 374 g/mol. The minimum absolute atomic E-state index is 0.133. The maximum atomic E-state index is 11.6. The van der Waals surface area contributed by atoms with Crippen molar-refractivity contribution in [1.82, 2.24) is 10.8 Å². The minimum atomic E-state index is -0.864. The number of aromatic hydroxyl groups is 1. The largest absolute Gasteiger partial charge is 0.508 e. The summed E-state index contributed by atoms with van der Waals surface area (Å²) >= 11 is 0. The van der Waals surface area contributed by atoms with Crippen molar-refractivity contribution >= 4 is 12.0 Å². The molecular weight excluding hydrogens is 352 g/mol. The van der Waals surface area contributed by atoms with Crippen LogP contribution in [0.1, 0.15) is 24.8 Å². The molecule has 1 atom stereocenters. The molecule has 0 saturated heterocycles. The van der Waals surface area contributed by atoms with Crippen LogP contribution in [-0.2, 0) is 19.2 Å². The molecule has 1 unspecified atom stereocenters. The van der Waals surface area contributed by atoms with E-state index in [9.17, 15) is 4.79 Å². The van der Waals surface area contributed by atoms with E-state index in [1.165, 1.54) is 18.2 Å². The highest BCUT2D eigenvalue weighted by molar-refractivity contribution is 5.87. The molecular formula is C15H22N2O9. The number of ether oxygens (including phenoxy) is 1. The van der Waals surface area contributed by atoms with Crippen LogP contribution in [0.25, 0.3) is 6.08 Å². The van der Waals surface area contributed by atoms with Crippen LogP contribution in [0.3, 0.4) is 0 Å². The van der Waals surface area contributed by atoms with Gasteiger partial charge in [0, 0.05) is 6.08 Å². The van der Waals surface area contributed by atoms with Crippen molar-refractivity contribution in [2.24, 2.45) is 0 Å². The zero-order valence-corrected chi connectivity index (χ0v) is 13.8. The Kier molecular flexibility index (Phi) is 10.4. The number of carbonyl (C=O) groups excluding carboxylic acids is 1. The van der Waals surface area contributed by atoms with Crippen LogP contribution >= 0.6 is 0 Å². The SMILES string of the molecule is O=C(/C=C/c1ccc(O)cc1)OCCCCC(CON(O)O)ON(O)O. The summed E-state index contributed by atoms with van der Waals surface area (Å²) in [7, 11) is 0. The van der Waals surface area contributed by atoms with E-state index in [0.29, 0.717) is 12.8 Å². The molecule has 0 aliphatic heterocycles. The maximum absolute atomic E-state index is 11.6. The predicted octanol–water partition coefficient (Wildman–Crippen LogP) is 1.51. The first-order valence-corrected chi connectivity index (χ1v) is 7.66. The van der Waals surface area contributed by atoms with E-state index in [1.807, 2.05) is 0 Å². The lowest BCUT2D eigenvalue weighted by molar-refractivity contribution is -0.527. The lowest BCUT2D eigenvalue weighted by Gasteiger charge is -2.18. The Morgan fingerprint density at radius 3 is 2.38 bits per heavy atom. The zero-order valence-electron chi connectivity index (χ0n) is 13.8. The molecule has 11 nitrogen and oxygen atoms in total. The Bertz CT molecular complexity index is 549. The number of esters is 1. The number of nitrogens with zero attached hydrogens (tertiary/aromatic N) is 2. The lowest BCUT2D eigenvalue weighted by atomic mass is 10.2. The smallest absolute Gasteiger partial charge is 0.330 e. The summed E-state index contributed by atoms with van der Waals surface area (Å²) in [5, 5.41) is 42.3. The van der Waals surface area contributed by atoms with Gasteiger partial charge in [-0.1, -0.05) is 12.1 Å². The molecule has 11 heteroatoms. The molecule has 0 fully saturated rings. The van der Waals surface area contributed by atoms with Gasteiger partial charge in [-0.05, 0) is 43.0 Å². The molecule has 0 bridgehead atoms. The fraction of sp³-hybridized carbons (Fsp3) is 0.400. The van der Waals surface area contributed by atoms with Crippen molar-refractivity contribution in [3.05, 3.63) is 35.9 Å². The van der Waals surface area contributed by atoms with Crippen molar-refractivity contribution in [3.63, 3.8) is 0 Å². The second-order valence-corrected chi connectivity index (χ2v) is 5.12. The molecule has 146 valence electrons. The van der Waals surface area contributed by atoms with Crippen LogP contribution in [-0.4, -0.2) is 62.0 Å². The topological polar surface area (TPSA) is 152 Å². The van der Waals surface area contributed by atoms with E-state index >= 15 is 0 Å². The molecule has 0 aliphatic carbocycles. The lowest BCUT2D eigenvalue weighted by Crippen LogP contribution is -2.31. The van der Waals surface area contributed by atoms with E-state index in [0.717, 1.165) is 5.56 Å². The number of carbonyl (C=O) groups is 1. The maximum Gasteiger partial charge on any atom is 0.330 e. The number of unbranched alkanes of at least 4 members (excludes halogenated alkanes) is 1. The molecule has 0 amide bonds. The molecule has 5 N–H and O–H groups in total. The number of rotatable bonds is 12. The Labute approximate surface area is 149 Å². The van der Waals surface area contributed by atoms with Crippen LogP contribution in [0, 0.1) is 0 Å². The molecule has 1 aromatic carbocycles. The Morgan fingerprint density at radius 1 is 1.08 bits per heavy atom. The van der Waals surface area contributed by atoms with Gasteiger partial charge in [0.05, 0.1) is 17.4 Å². The molecule has 26 heavy (non-hydrogen) atoms. The first-order chi connectivity index (χ1) is 12.4. The van der Waals surface area contributed by atoms with Crippen LogP contribution in [0.4, 0.5) is 0 Å². The molecule has 0 saturated carbocycles. The molecule has 0 heterocycles. The van der Waals surface area contributed by atoms with Crippen LogP contribution < -0.4 is 0 Å². The highest BCUT2D eigenvalue weighted by atomic mass is 17.1. The molecule has 0 radical (unpaired) electrons. The van der Waals surface area contributed by atoms with E-state index in [1.54, 1.807) is 18.2 Å². The normalized spacial score (nSPS) is 12.8. The van der Waals surface area contributed by atoms with E-state index in [4.69, 9.17) is 30.7 Å². The quantitative estimate of drug-likeness (QED) is 0.157. The second kappa shape index (κ2) is 12.3. The van der Waals surface area contributed by atoms with Gasteiger partial charge in [0.15, 0.2) is 0 Å². The number of phenolic OH excluding ortho intramolecular Hbond substituents is 1. The standard InChI is InChI=1S/C15H22N2O9/c18-13-7-4-12(5-8-13)6-9-15(19)24-10-2-1-3-14(26-17(22)23)11-25-16(20)21/h4-9,14,18,20-23H,1-3,10-11H2/b9-6+. The van der Waals surface area contributed by atoms with E-state index in [2.05, 4.69) is 9.68 Å². The molecule has 0 spiro atoms. The summed E-state index contributed by atoms with van der Waals surface area (Å²) < 4.78 is 5.00. The van der Waals surface area contributed by atoms with E-state index in [-0.39, 0.29) is 25.4 Å². The molecule has 1 aromatic rings. The van der Waals surface area contributed by atoms with Crippen LogP contribution in [0.15, 0.2) is 30.3 Å². The van der Waals surface area contributed by atoms with Crippen LogP contribution in [0.2, 0.25) is 0 Å². The Balaban J connectivity index is 2.22. The van der Waals surface area contributed by atoms with Gasteiger partial charge in [0.2, 0.25) is 0 Å². The van der Waals surface area contributed by atoms with Crippen molar-refractivity contribution in [2.45, 2.75) is 25.4 Å². The number of hydrogen-bond acceptors (Lipinski definition) is 11. The fourth-order valence-electron chi connectivity index (χ4n) is 1.89. The van der Waals surface area contributed by atoms with Crippen molar-refractivity contribution in [3.8, 4) is 5.75 Å². The first-order valence-electron chi connectivity index (χ1n) is 7.66. The van der Waals surface area contributed by atoms with Crippen LogP contribution in [0.5, 0.6) is 5.75 Å².